The molecule has 0 saturated carbocycles. The van der Waals surface area contributed by atoms with Gasteiger partial charge in [-0.3, -0.25) is 18.7 Å². The van der Waals surface area contributed by atoms with E-state index >= 15 is 0 Å². The second-order valence-electron chi connectivity index (χ2n) is 12.9. The number of hydrogen-bond acceptors (Lipinski definition) is 7. The summed E-state index contributed by atoms with van der Waals surface area (Å²) in [5.41, 5.74) is 1.82. The molecule has 45 heavy (non-hydrogen) atoms. The molecule has 0 bridgehead atoms. The van der Waals surface area contributed by atoms with E-state index in [2.05, 4.69) is 19.2 Å². The minimum atomic E-state index is -3.65. The third-order valence-corrected chi connectivity index (χ3v) is 9.93. The molecular weight excluding hydrogens is 590 g/mol. The summed E-state index contributed by atoms with van der Waals surface area (Å²) >= 11 is 0. The van der Waals surface area contributed by atoms with Crippen LogP contribution in [0.5, 0.6) is 0 Å². The lowest BCUT2D eigenvalue weighted by Gasteiger charge is -2.26. The first kappa shape index (κ1) is 36.4. The Morgan fingerprint density at radius 3 is 2.33 bits per heavy atom. The summed E-state index contributed by atoms with van der Waals surface area (Å²) in [7, 11) is -2.24. The molecule has 4 atom stereocenters. The van der Waals surface area contributed by atoms with E-state index in [1.807, 2.05) is 42.2 Å². The van der Waals surface area contributed by atoms with Gasteiger partial charge in [0.1, 0.15) is 0 Å². The molecule has 3 rings (SSSR count). The first-order valence-corrected chi connectivity index (χ1v) is 18.0. The zero-order valence-corrected chi connectivity index (χ0v) is 28.5. The number of benzene rings is 2. The molecule has 2 aromatic rings. The number of carbonyl (C=O) groups excluding carboxylic acids is 3. The summed E-state index contributed by atoms with van der Waals surface area (Å²) in [6.45, 7) is 8.67. The fraction of sp³-hybridized carbons (Fsp3) is 0.571. The number of aliphatic hydroxyl groups excluding tert-OH is 1. The van der Waals surface area contributed by atoms with E-state index in [0.29, 0.717) is 31.8 Å². The molecule has 0 aromatic heterocycles. The van der Waals surface area contributed by atoms with Crippen molar-refractivity contribution in [3.8, 4) is 0 Å². The van der Waals surface area contributed by atoms with Crippen LogP contribution < -0.4 is 9.62 Å². The Hall–Kier alpha value is -3.08. The maximum Gasteiger partial charge on any atom is 0.254 e. The SMILES string of the molecule is CCC1CCCN1C(=O)c1cc(C(=O)C[C@H](CN[C@H](C(=O)CCC(C)C)[C@H](C)O)Cc2ccccc2)cc(N(C)S(C)(=O)=O)c1. The molecule has 10 heteroatoms. The Labute approximate surface area is 269 Å². The summed E-state index contributed by atoms with van der Waals surface area (Å²) in [6.07, 6.45) is 4.55. The van der Waals surface area contributed by atoms with Crippen molar-refractivity contribution in [2.45, 2.75) is 90.8 Å². The van der Waals surface area contributed by atoms with Crippen molar-refractivity contribution in [2.24, 2.45) is 11.8 Å². The monoisotopic (exact) mass is 641 g/mol. The lowest BCUT2D eigenvalue weighted by Crippen LogP contribution is -2.47. The summed E-state index contributed by atoms with van der Waals surface area (Å²) in [5.74, 6) is -0.379. The van der Waals surface area contributed by atoms with Crippen LogP contribution in [0, 0.1) is 11.8 Å². The standard InChI is InChI=1S/C35H51N3O6S/c1-7-30-14-11-17-38(30)35(42)29-20-28(21-31(22-29)37(5)45(6,43)44)33(41)19-27(18-26-12-9-8-10-13-26)23-36-34(25(4)39)32(40)16-15-24(2)3/h8-10,12-13,20-22,24-25,27,30,34,36,39H,7,11,14-19,23H2,1-6H3/t25-,27+,30?,34-/m0/s1. The van der Waals surface area contributed by atoms with E-state index < -0.39 is 22.2 Å². The van der Waals surface area contributed by atoms with Crippen molar-refractivity contribution in [2.75, 3.05) is 30.7 Å². The number of carbonyl (C=O) groups is 3. The topological polar surface area (TPSA) is 124 Å². The van der Waals surface area contributed by atoms with Gasteiger partial charge in [0.2, 0.25) is 10.0 Å². The third-order valence-electron chi connectivity index (χ3n) is 8.72. The largest absolute Gasteiger partial charge is 0.391 e. The maximum absolute atomic E-state index is 13.9. The zero-order chi connectivity index (χ0) is 33.3. The van der Waals surface area contributed by atoms with Crippen LogP contribution in [0.4, 0.5) is 5.69 Å². The number of anilines is 1. The third kappa shape index (κ3) is 10.5. The van der Waals surface area contributed by atoms with Gasteiger partial charge in [0.25, 0.3) is 5.91 Å². The predicted molar refractivity (Wildman–Crippen MR) is 179 cm³/mol. The Morgan fingerprint density at radius 1 is 1.07 bits per heavy atom. The van der Waals surface area contributed by atoms with Crippen LogP contribution in [0.15, 0.2) is 48.5 Å². The van der Waals surface area contributed by atoms with E-state index in [-0.39, 0.29) is 52.7 Å². The van der Waals surface area contributed by atoms with Crippen LogP contribution in [0.3, 0.4) is 0 Å². The van der Waals surface area contributed by atoms with Crippen LogP contribution in [-0.2, 0) is 21.2 Å². The second kappa shape index (κ2) is 16.5. The molecule has 1 fully saturated rings. The molecule has 1 aliphatic rings. The smallest absolute Gasteiger partial charge is 0.254 e. The van der Waals surface area contributed by atoms with E-state index in [1.165, 1.54) is 13.1 Å². The number of amides is 1. The fourth-order valence-electron chi connectivity index (χ4n) is 5.94. The molecule has 1 aliphatic heterocycles. The minimum absolute atomic E-state index is 0.0598. The molecule has 1 unspecified atom stereocenters. The van der Waals surface area contributed by atoms with Crippen molar-refractivity contribution in [1.29, 1.82) is 0 Å². The molecule has 9 nitrogen and oxygen atoms in total. The Morgan fingerprint density at radius 2 is 1.73 bits per heavy atom. The van der Waals surface area contributed by atoms with Gasteiger partial charge in [-0.15, -0.1) is 0 Å². The molecule has 1 amide bonds. The van der Waals surface area contributed by atoms with Crippen LogP contribution in [-0.4, -0.2) is 80.5 Å². The van der Waals surface area contributed by atoms with Gasteiger partial charge in [-0.2, -0.15) is 0 Å². The van der Waals surface area contributed by atoms with Crippen LogP contribution >= 0.6 is 0 Å². The average Bonchev–Trinajstić information content (AvgIpc) is 3.48. The molecule has 1 saturated heterocycles. The molecular formula is C35H51N3O6S. The molecule has 2 N–H and O–H groups in total. The van der Waals surface area contributed by atoms with Crippen molar-refractivity contribution in [1.82, 2.24) is 10.2 Å². The number of aliphatic hydroxyl groups is 1. The van der Waals surface area contributed by atoms with Gasteiger partial charge in [0.05, 0.1) is 24.1 Å². The van der Waals surface area contributed by atoms with Crippen molar-refractivity contribution in [3.05, 3.63) is 65.2 Å². The number of Topliss-reactive ketones (excluding diaryl/α,β-unsaturated/α-hetero) is 2. The number of ketones is 2. The van der Waals surface area contributed by atoms with Gasteiger partial charge in [0.15, 0.2) is 11.6 Å². The van der Waals surface area contributed by atoms with Crippen molar-refractivity contribution in [3.63, 3.8) is 0 Å². The maximum atomic E-state index is 13.9. The number of rotatable bonds is 17. The normalized spacial score (nSPS) is 17.2. The molecule has 0 spiro atoms. The molecule has 248 valence electrons. The highest BCUT2D eigenvalue weighted by Crippen LogP contribution is 2.27. The second-order valence-corrected chi connectivity index (χ2v) is 14.9. The summed E-state index contributed by atoms with van der Waals surface area (Å²) in [5, 5.41) is 13.7. The van der Waals surface area contributed by atoms with E-state index in [1.54, 1.807) is 19.1 Å². The van der Waals surface area contributed by atoms with Crippen LogP contribution in [0.2, 0.25) is 0 Å². The van der Waals surface area contributed by atoms with Crippen LogP contribution in [0.1, 0.15) is 92.5 Å². The number of nitrogens with zero attached hydrogens (tertiary/aromatic N) is 2. The van der Waals surface area contributed by atoms with Gasteiger partial charge in [-0.1, -0.05) is 51.1 Å². The van der Waals surface area contributed by atoms with E-state index in [4.69, 9.17) is 0 Å². The lowest BCUT2D eigenvalue weighted by atomic mass is 9.90. The van der Waals surface area contributed by atoms with Gasteiger partial charge >= 0.3 is 0 Å². The van der Waals surface area contributed by atoms with Crippen molar-refractivity contribution >= 4 is 33.2 Å². The number of nitrogens with one attached hydrogen (secondary N) is 1. The fourth-order valence-corrected chi connectivity index (χ4v) is 6.43. The minimum Gasteiger partial charge on any atom is -0.391 e. The first-order valence-electron chi connectivity index (χ1n) is 16.1. The number of hydrogen-bond donors (Lipinski definition) is 2. The zero-order valence-electron chi connectivity index (χ0n) is 27.7. The lowest BCUT2D eigenvalue weighted by molar-refractivity contribution is -0.123. The first-order chi connectivity index (χ1) is 21.2. The molecule has 0 aliphatic carbocycles. The molecule has 0 radical (unpaired) electrons. The molecule has 1 heterocycles. The highest BCUT2D eigenvalue weighted by Gasteiger charge is 2.30. The quantitative estimate of drug-likeness (QED) is 0.236. The molecule has 2 aromatic carbocycles. The number of likely N-dealkylation sites (tertiary alicyclic amines) is 1. The Balaban J connectivity index is 1.92. The summed E-state index contributed by atoms with van der Waals surface area (Å²) in [4.78, 5) is 42.4. The van der Waals surface area contributed by atoms with Gasteiger partial charge < -0.3 is 15.3 Å². The van der Waals surface area contributed by atoms with Crippen molar-refractivity contribution < 1.29 is 27.9 Å². The highest BCUT2D eigenvalue weighted by atomic mass is 32.2. The highest BCUT2D eigenvalue weighted by molar-refractivity contribution is 7.92. The van der Waals surface area contributed by atoms with Crippen LogP contribution in [0.25, 0.3) is 0 Å². The van der Waals surface area contributed by atoms with Gasteiger partial charge in [-0.25, -0.2) is 8.42 Å². The summed E-state index contributed by atoms with van der Waals surface area (Å²) in [6, 6.07) is 13.8. The Kier molecular flexibility index (Phi) is 13.3. The summed E-state index contributed by atoms with van der Waals surface area (Å²) < 4.78 is 26.0. The number of sulfonamides is 1. The Bertz CT molecular complexity index is 1410. The average molecular weight is 642 g/mol. The van der Waals surface area contributed by atoms with E-state index in [9.17, 15) is 27.9 Å². The predicted octanol–water partition coefficient (Wildman–Crippen LogP) is 4.87. The van der Waals surface area contributed by atoms with Gasteiger partial charge in [-0.05, 0) is 81.2 Å². The van der Waals surface area contributed by atoms with Gasteiger partial charge in [0, 0.05) is 43.6 Å². The van der Waals surface area contributed by atoms with E-state index in [0.717, 1.165) is 41.8 Å².